The molecule has 1 aliphatic heterocycles. The van der Waals surface area contributed by atoms with Crippen LogP contribution in [0, 0.1) is 39.7 Å². The summed E-state index contributed by atoms with van der Waals surface area (Å²) in [4.78, 5) is 23.7. The average Bonchev–Trinajstić information content (AvgIpc) is 3.51. The second-order valence-corrected chi connectivity index (χ2v) is 8.18. The molecule has 0 bridgehead atoms. The lowest BCUT2D eigenvalue weighted by Crippen LogP contribution is -2.49. The van der Waals surface area contributed by atoms with Gasteiger partial charge < -0.3 is 15.6 Å². The van der Waals surface area contributed by atoms with Crippen LogP contribution in [0.15, 0.2) is 30.5 Å². The predicted octanol–water partition coefficient (Wildman–Crippen LogP) is 3.13. The Balaban J connectivity index is 1.49. The van der Waals surface area contributed by atoms with Gasteiger partial charge in [-0.3, -0.25) is 4.79 Å². The van der Waals surface area contributed by atoms with Crippen LogP contribution in [0.2, 0.25) is 0 Å². The van der Waals surface area contributed by atoms with E-state index in [1.54, 1.807) is 12.3 Å². The summed E-state index contributed by atoms with van der Waals surface area (Å²) >= 11 is 0. The Morgan fingerprint density at radius 1 is 1.39 bits per heavy atom. The van der Waals surface area contributed by atoms with Crippen molar-refractivity contribution in [2.45, 2.75) is 31.7 Å². The Morgan fingerprint density at radius 2 is 2.13 bits per heavy atom. The standard InChI is InChI=1S/C22H22F2N6O/c23-15-9-14(10-16(24)11-15)19(1-6-25)29-20(31)18-3-8-30(13-22(18)4-5-22)21-27-7-2-17(12-26)28-21/h2,6-7,9-11,18-19,25H,1,3-5,8,13H2,(H,29,31). The normalized spacial score (nSPS) is 20.0. The molecule has 1 saturated heterocycles. The number of amides is 1. The minimum absolute atomic E-state index is 0.148. The summed E-state index contributed by atoms with van der Waals surface area (Å²) in [5, 5.41) is 19.4. The third-order valence-corrected chi connectivity index (χ3v) is 6.14. The number of hydrogen-bond acceptors (Lipinski definition) is 6. The molecule has 2 aromatic rings. The number of nitrogens with zero attached hydrogens (tertiary/aromatic N) is 4. The first-order valence-corrected chi connectivity index (χ1v) is 10.2. The molecule has 1 aromatic carbocycles. The van der Waals surface area contributed by atoms with Gasteiger partial charge in [-0.15, -0.1) is 0 Å². The van der Waals surface area contributed by atoms with Crippen LogP contribution < -0.4 is 10.2 Å². The Kier molecular flexibility index (Phi) is 5.63. The number of piperidine rings is 1. The van der Waals surface area contributed by atoms with E-state index in [0.717, 1.165) is 25.1 Å². The number of hydrogen-bond donors (Lipinski definition) is 2. The lowest BCUT2D eigenvalue weighted by atomic mass is 9.81. The number of rotatable bonds is 6. The molecular weight excluding hydrogens is 402 g/mol. The van der Waals surface area contributed by atoms with Gasteiger partial charge in [-0.2, -0.15) is 5.26 Å². The molecular formula is C22H22F2N6O. The molecule has 2 atom stereocenters. The van der Waals surface area contributed by atoms with Crippen LogP contribution in [0.5, 0.6) is 0 Å². The highest BCUT2D eigenvalue weighted by molar-refractivity contribution is 5.81. The van der Waals surface area contributed by atoms with Crippen LogP contribution in [0.4, 0.5) is 14.7 Å². The highest BCUT2D eigenvalue weighted by atomic mass is 19.1. The summed E-state index contributed by atoms with van der Waals surface area (Å²) in [6.45, 7) is 1.18. The molecule has 2 N–H and O–H groups in total. The van der Waals surface area contributed by atoms with Crippen LogP contribution in [0.1, 0.15) is 43.0 Å². The first-order valence-electron chi connectivity index (χ1n) is 10.2. The van der Waals surface area contributed by atoms with E-state index in [1.165, 1.54) is 12.1 Å². The van der Waals surface area contributed by atoms with E-state index >= 15 is 0 Å². The SMILES string of the molecule is N#Cc1ccnc(N2CCC(C(=O)NC(CC=N)c3cc(F)cc(F)c3)C3(CC3)C2)n1. The number of nitrogens with one attached hydrogen (secondary N) is 2. The molecule has 31 heavy (non-hydrogen) atoms. The Morgan fingerprint density at radius 3 is 2.77 bits per heavy atom. The van der Waals surface area contributed by atoms with E-state index in [0.29, 0.717) is 36.7 Å². The number of halogens is 2. The summed E-state index contributed by atoms with van der Waals surface area (Å²) in [5.41, 5.74) is 0.404. The Bertz CT molecular complexity index is 1030. The highest BCUT2D eigenvalue weighted by Gasteiger charge is 2.55. The van der Waals surface area contributed by atoms with Crippen molar-refractivity contribution < 1.29 is 13.6 Å². The molecule has 1 spiro atoms. The van der Waals surface area contributed by atoms with Crippen molar-refractivity contribution in [1.82, 2.24) is 15.3 Å². The van der Waals surface area contributed by atoms with E-state index in [-0.39, 0.29) is 23.7 Å². The van der Waals surface area contributed by atoms with Crippen LogP contribution in [0.25, 0.3) is 0 Å². The van der Waals surface area contributed by atoms with Gasteiger partial charge in [0.1, 0.15) is 23.4 Å². The molecule has 0 radical (unpaired) electrons. The van der Waals surface area contributed by atoms with Crippen molar-refractivity contribution in [2.75, 3.05) is 18.0 Å². The molecule has 2 fully saturated rings. The summed E-state index contributed by atoms with van der Waals surface area (Å²) in [6, 6.07) is 6.05. The fourth-order valence-corrected chi connectivity index (χ4v) is 4.42. The number of aromatic nitrogens is 2. The van der Waals surface area contributed by atoms with Gasteiger partial charge in [-0.25, -0.2) is 18.7 Å². The van der Waals surface area contributed by atoms with E-state index in [2.05, 4.69) is 15.3 Å². The minimum atomic E-state index is -0.717. The van der Waals surface area contributed by atoms with Crippen molar-refractivity contribution in [3.05, 3.63) is 53.4 Å². The van der Waals surface area contributed by atoms with E-state index in [1.807, 2.05) is 11.0 Å². The third kappa shape index (κ3) is 4.38. The maximum atomic E-state index is 13.7. The smallest absolute Gasteiger partial charge is 0.226 e. The second kappa shape index (κ2) is 8.38. The van der Waals surface area contributed by atoms with Crippen molar-refractivity contribution in [2.24, 2.45) is 11.3 Å². The fourth-order valence-electron chi connectivity index (χ4n) is 4.42. The molecule has 2 heterocycles. The van der Waals surface area contributed by atoms with Gasteiger partial charge in [0, 0.05) is 37.7 Å². The molecule has 2 aliphatic rings. The van der Waals surface area contributed by atoms with Gasteiger partial charge in [0.2, 0.25) is 11.9 Å². The molecule has 9 heteroatoms. The molecule has 160 valence electrons. The van der Waals surface area contributed by atoms with E-state index in [4.69, 9.17) is 10.7 Å². The summed E-state index contributed by atoms with van der Waals surface area (Å²) in [6.07, 6.45) is 5.20. The minimum Gasteiger partial charge on any atom is -0.349 e. The monoisotopic (exact) mass is 424 g/mol. The topological polar surface area (TPSA) is 106 Å². The van der Waals surface area contributed by atoms with Crippen molar-refractivity contribution in [1.29, 1.82) is 10.7 Å². The molecule has 1 amide bonds. The fraction of sp³-hybridized carbons (Fsp3) is 0.409. The zero-order chi connectivity index (χ0) is 22.0. The van der Waals surface area contributed by atoms with E-state index < -0.39 is 17.7 Å². The first-order chi connectivity index (χ1) is 14.9. The molecule has 7 nitrogen and oxygen atoms in total. The number of carbonyl (C=O) groups excluding carboxylic acids is 1. The zero-order valence-electron chi connectivity index (χ0n) is 16.8. The van der Waals surface area contributed by atoms with Crippen LogP contribution in [0.3, 0.4) is 0 Å². The summed E-state index contributed by atoms with van der Waals surface area (Å²) in [5.74, 6) is -1.35. The van der Waals surface area contributed by atoms with Gasteiger partial charge in [0.05, 0.1) is 6.04 Å². The van der Waals surface area contributed by atoms with Gasteiger partial charge >= 0.3 is 0 Å². The van der Waals surface area contributed by atoms with Crippen LogP contribution in [-0.4, -0.2) is 35.2 Å². The van der Waals surface area contributed by atoms with Crippen molar-refractivity contribution in [3.63, 3.8) is 0 Å². The van der Waals surface area contributed by atoms with Gasteiger partial charge in [0.15, 0.2) is 0 Å². The number of benzene rings is 1. The maximum Gasteiger partial charge on any atom is 0.226 e. The first kappa shape index (κ1) is 20.8. The molecule has 2 unspecified atom stereocenters. The number of anilines is 1. The molecule has 4 rings (SSSR count). The third-order valence-electron chi connectivity index (χ3n) is 6.14. The van der Waals surface area contributed by atoms with Crippen molar-refractivity contribution in [3.8, 4) is 6.07 Å². The summed E-state index contributed by atoms with van der Waals surface area (Å²) in [7, 11) is 0. The number of carbonyl (C=O) groups is 1. The second-order valence-electron chi connectivity index (χ2n) is 8.18. The molecule has 1 saturated carbocycles. The predicted molar refractivity (Wildman–Crippen MR) is 109 cm³/mol. The van der Waals surface area contributed by atoms with Gasteiger partial charge in [-0.1, -0.05) is 0 Å². The van der Waals surface area contributed by atoms with Gasteiger partial charge in [-0.05, 0) is 54.7 Å². The Hall–Kier alpha value is -3.41. The van der Waals surface area contributed by atoms with Gasteiger partial charge in [0.25, 0.3) is 0 Å². The average molecular weight is 424 g/mol. The lowest BCUT2D eigenvalue weighted by Gasteiger charge is -2.39. The maximum absolute atomic E-state index is 13.7. The number of nitriles is 1. The highest BCUT2D eigenvalue weighted by Crippen LogP contribution is 2.56. The molecule has 1 aromatic heterocycles. The largest absolute Gasteiger partial charge is 0.349 e. The van der Waals surface area contributed by atoms with Crippen LogP contribution >= 0.6 is 0 Å². The van der Waals surface area contributed by atoms with Crippen molar-refractivity contribution >= 4 is 18.1 Å². The zero-order valence-corrected chi connectivity index (χ0v) is 16.8. The molecule has 1 aliphatic carbocycles. The quantitative estimate of drug-likeness (QED) is 0.693. The summed E-state index contributed by atoms with van der Waals surface area (Å²) < 4.78 is 27.3. The van der Waals surface area contributed by atoms with E-state index in [9.17, 15) is 13.6 Å². The Labute approximate surface area is 178 Å². The van der Waals surface area contributed by atoms with Crippen LogP contribution in [-0.2, 0) is 4.79 Å². The lowest BCUT2D eigenvalue weighted by molar-refractivity contribution is -0.128.